The fraction of sp³-hybridized carbons (Fsp3) is 0.875. The van der Waals surface area contributed by atoms with Gasteiger partial charge in [-0.15, -0.1) is 0 Å². The van der Waals surface area contributed by atoms with E-state index in [0.717, 1.165) is 0 Å². The van der Waals surface area contributed by atoms with Crippen molar-refractivity contribution >= 4 is 5.97 Å². The minimum Gasteiger partial charge on any atom is -0.424 e. The van der Waals surface area contributed by atoms with E-state index < -0.39 is 30.1 Å². The van der Waals surface area contributed by atoms with Gasteiger partial charge in [0.25, 0.3) is 0 Å². The summed E-state index contributed by atoms with van der Waals surface area (Å²) in [5.41, 5.74) is -4.59. The van der Waals surface area contributed by atoms with Crippen molar-refractivity contribution in [3.05, 3.63) is 0 Å². The molecule has 100 valence electrons. The van der Waals surface area contributed by atoms with Crippen molar-refractivity contribution in [3.63, 3.8) is 0 Å². The normalized spacial score (nSPS) is 24.9. The van der Waals surface area contributed by atoms with E-state index >= 15 is 0 Å². The minimum atomic E-state index is -5.76. The van der Waals surface area contributed by atoms with Crippen molar-refractivity contribution in [2.24, 2.45) is 0 Å². The Morgan fingerprint density at radius 3 is 2.00 bits per heavy atom. The molecule has 0 amide bonds. The Kier molecular flexibility index (Phi) is 3.34. The van der Waals surface area contributed by atoms with E-state index in [1.807, 2.05) is 0 Å². The lowest BCUT2D eigenvalue weighted by atomic mass is 10.1. The van der Waals surface area contributed by atoms with Crippen molar-refractivity contribution in [1.29, 1.82) is 0 Å². The van der Waals surface area contributed by atoms with Gasteiger partial charge in [0, 0.05) is 0 Å². The maximum Gasteiger partial charge on any atom is 0.452 e. The molecule has 0 unspecified atom stereocenters. The van der Waals surface area contributed by atoms with Gasteiger partial charge in [-0.3, -0.25) is 10.1 Å². The predicted octanol–water partition coefficient (Wildman–Crippen LogP) is 2.12. The Morgan fingerprint density at radius 1 is 1.24 bits per heavy atom. The topological polar surface area (TPSA) is 38.3 Å². The minimum absolute atomic E-state index is 0.160. The second-order valence-electron chi connectivity index (χ2n) is 3.58. The van der Waals surface area contributed by atoms with Gasteiger partial charge in [-0.1, -0.05) is 13.3 Å². The lowest BCUT2D eigenvalue weighted by Crippen LogP contribution is -2.65. The molecule has 1 atom stereocenters. The molecule has 0 aromatic heterocycles. The van der Waals surface area contributed by atoms with E-state index in [4.69, 9.17) is 0 Å². The summed E-state index contributed by atoms with van der Waals surface area (Å²) in [7, 11) is 0. The Hall–Kier alpha value is -0.990. The van der Waals surface area contributed by atoms with E-state index in [1.165, 1.54) is 12.2 Å². The van der Waals surface area contributed by atoms with Gasteiger partial charge in [-0.25, -0.2) is 0 Å². The van der Waals surface area contributed by atoms with E-state index in [0.29, 0.717) is 0 Å². The van der Waals surface area contributed by atoms with Gasteiger partial charge in [-0.2, -0.15) is 26.3 Å². The molecule has 0 aromatic carbocycles. The smallest absolute Gasteiger partial charge is 0.424 e. The van der Waals surface area contributed by atoms with E-state index in [2.05, 4.69) is 4.74 Å². The average Bonchev–Trinajstić information content (AvgIpc) is 2.43. The van der Waals surface area contributed by atoms with Crippen LogP contribution in [0.5, 0.6) is 0 Å². The number of ether oxygens (including phenoxy) is 1. The average molecular weight is 265 g/mol. The van der Waals surface area contributed by atoms with E-state index in [9.17, 15) is 31.1 Å². The van der Waals surface area contributed by atoms with Crippen LogP contribution in [0.15, 0.2) is 0 Å². The number of nitrogens with one attached hydrogen (secondary N) is 1. The van der Waals surface area contributed by atoms with Crippen molar-refractivity contribution in [2.75, 3.05) is 0 Å². The number of rotatable bonds is 2. The van der Waals surface area contributed by atoms with Gasteiger partial charge in [-0.05, 0) is 6.42 Å². The summed E-state index contributed by atoms with van der Waals surface area (Å²) in [6.45, 7) is 1.52. The summed E-state index contributed by atoms with van der Waals surface area (Å²) in [5, 5.41) is 1.21. The summed E-state index contributed by atoms with van der Waals surface area (Å²) in [5.74, 6) is -1.54. The highest BCUT2D eigenvalue weighted by Crippen LogP contribution is 2.46. The second-order valence-corrected chi connectivity index (χ2v) is 3.58. The molecule has 1 heterocycles. The molecule has 0 spiro atoms. The molecule has 0 aromatic rings. The molecular formula is C8H9F6NO2. The van der Waals surface area contributed by atoms with Gasteiger partial charge in [0.05, 0.1) is 0 Å². The van der Waals surface area contributed by atoms with Gasteiger partial charge in [0.15, 0.2) is 0 Å². The third kappa shape index (κ3) is 2.20. The Labute approximate surface area is 92.1 Å². The predicted molar refractivity (Wildman–Crippen MR) is 42.8 cm³/mol. The van der Waals surface area contributed by atoms with Crippen LogP contribution < -0.4 is 5.32 Å². The lowest BCUT2D eigenvalue weighted by molar-refractivity contribution is -0.369. The Bertz CT molecular complexity index is 296. The highest BCUT2D eigenvalue weighted by molar-refractivity contribution is 5.78. The maximum atomic E-state index is 12.4. The molecule has 1 N–H and O–H groups in total. The van der Waals surface area contributed by atoms with Crippen LogP contribution in [0.4, 0.5) is 26.3 Å². The van der Waals surface area contributed by atoms with Crippen LogP contribution in [0.3, 0.4) is 0 Å². The van der Waals surface area contributed by atoms with E-state index in [-0.39, 0.29) is 12.8 Å². The molecule has 1 saturated heterocycles. The van der Waals surface area contributed by atoms with Crippen LogP contribution in [-0.2, 0) is 9.53 Å². The van der Waals surface area contributed by atoms with Gasteiger partial charge in [0.1, 0.15) is 6.04 Å². The molecule has 17 heavy (non-hydrogen) atoms. The Morgan fingerprint density at radius 2 is 1.71 bits per heavy atom. The monoisotopic (exact) mass is 265 g/mol. The maximum absolute atomic E-state index is 12.4. The van der Waals surface area contributed by atoms with Crippen LogP contribution in [0.25, 0.3) is 0 Å². The van der Waals surface area contributed by atoms with Crippen LogP contribution in [0.2, 0.25) is 0 Å². The SMILES string of the molecule is CCC[C@@H]1NC(C(F)(F)F)(C(F)(F)F)OC1=O. The zero-order valence-corrected chi connectivity index (χ0v) is 8.58. The summed E-state index contributed by atoms with van der Waals surface area (Å²) in [6.07, 6.45) is -11.4. The quantitative estimate of drug-likeness (QED) is 0.614. The molecule has 0 saturated carbocycles. The standard InChI is InChI=1S/C8H9F6NO2/c1-2-3-4-5(16)17-6(15-4,7(9,10)11)8(12,13)14/h4,15H,2-3H2,1H3/t4-/m0/s1. The molecule has 9 heteroatoms. The summed E-state index contributed by atoms with van der Waals surface area (Å²) in [6, 6.07) is -1.59. The zero-order valence-electron chi connectivity index (χ0n) is 8.58. The number of hydrogen-bond donors (Lipinski definition) is 1. The van der Waals surface area contributed by atoms with Crippen LogP contribution >= 0.6 is 0 Å². The molecular weight excluding hydrogens is 256 g/mol. The summed E-state index contributed by atoms with van der Waals surface area (Å²) in [4.78, 5) is 11.0. The van der Waals surface area contributed by atoms with Gasteiger partial charge >= 0.3 is 24.0 Å². The third-order valence-electron chi connectivity index (χ3n) is 2.29. The molecule has 0 radical (unpaired) electrons. The Balaban J connectivity index is 3.10. The largest absolute Gasteiger partial charge is 0.452 e. The van der Waals surface area contributed by atoms with Crippen molar-refractivity contribution < 1.29 is 35.9 Å². The first-order chi connectivity index (χ1) is 7.55. The highest BCUT2D eigenvalue weighted by atomic mass is 19.4. The van der Waals surface area contributed by atoms with Crippen LogP contribution in [0, 0.1) is 0 Å². The number of alkyl halides is 6. The van der Waals surface area contributed by atoms with Gasteiger partial charge in [0.2, 0.25) is 0 Å². The van der Waals surface area contributed by atoms with Crippen molar-refractivity contribution in [3.8, 4) is 0 Å². The summed E-state index contributed by atoms with van der Waals surface area (Å²) < 4.78 is 78.2. The number of carbonyl (C=O) groups excluding carboxylic acids is 1. The molecule has 1 aliphatic heterocycles. The highest BCUT2D eigenvalue weighted by Gasteiger charge is 2.78. The molecule has 1 rings (SSSR count). The first-order valence-corrected chi connectivity index (χ1v) is 4.69. The number of hydrogen-bond acceptors (Lipinski definition) is 3. The first kappa shape index (κ1) is 14.1. The van der Waals surface area contributed by atoms with E-state index in [1.54, 1.807) is 0 Å². The fourth-order valence-corrected chi connectivity index (χ4v) is 1.47. The molecule has 1 aliphatic rings. The summed E-state index contributed by atoms with van der Waals surface area (Å²) >= 11 is 0. The first-order valence-electron chi connectivity index (χ1n) is 4.69. The fourth-order valence-electron chi connectivity index (χ4n) is 1.47. The van der Waals surface area contributed by atoms with Crippen molar-refractivity contribution in [2.45, 2.75) is 43.9 Å². The molecule has 3 nitrogen and oxygen atoms in total. The molecule has 0 bridgehead atoms. The number of halogens is 6. The second kappa shape index (κ2) is 4.04. The third-order valence-corrected chi connectivity index (χ3v) is 2.29. The number of carbonyl (C=O) groups is 1. The number of esters is 1. The zero-order chi connectivity index (χ0) is 13.5. The van der Waals surface area contributed by atoms with Crippen LogP contribution in [0.1, 0.15) is 19.8 Å². The van der Waals surface area contributed by atoms with Crippen LogP contribution in [-0.4, -0.2) is 30.1 Å². The number of cyclic esters (lactones) is 1. The lowest BCUT2D eigenvalue weighted by Gasteiger charge is -2.31. The molecule has 0 aliphatic carbocycles. The van der Waals surface area contributed by atoms with Gasteiger partial charge < -0.3 is 4.74 Å². The van der Waals surface area contributed by atoms with Crippen molar-refractivity contribution in [1.82, 2.24) is 5.32 Å². The molecule has 1 fully saturated rings.